The van der Waals surface area contributed by atoms with Crippen molar-refractivity contribution in [1.82, 2.24) is 0 Å². The van der Waals surface area contributed by atoms with Gasteiger partial charge in [-0.15, -0.1) is 11.6 Å². The maximum atomic E-state index is 5.70. The highest BCUT2D eigenvalue weighted by molar-refractivity contribution is 6.17. The molecule has 1 aromatic carbocycles. The van der Waals surface area contributed by atoms with Gasteiger partial charge < -0.3 is 4.90 Å². The van der Waals surface area contributed by atoms with Crippen molar-refractivity contribution in [3.8, 4) is 0 Å². The van der Waals surface area contributed by atoms with Crippen molar-refractivity contribution in [3.05, 3.63) is 42.1 Å². The predicted octanol–water partition coefficient (Wildman–Crippen LogP) is 3.19. The minimum absolute atomic E-state index is 0.714. The molecule has 0 spiro atoms. The van der Waals surface area contributed by atoms with Gasteiger partial charge in [0.2, 0.25) is 0 Å². The lowest BCUT2D eigenvalue weighted by molar-refractivity contribution is 0.864. The zero-order chi connectivity index (χ0) is 9.97. The molecule has 1 heterocycles. The van der Waals surface area contributed by atoms with E-state index in [2.05, 4.69) is 35.7 Å². The topological polar surface area (TPSA) is 3.24 Å². The monoisotopic (exact) mass is 207 g/mol. The van der Waals surface area contributed by atoms with Gasteiger partial charge in [0.25, 0.3) is 0 Å². The fourth-order valence-electron chi connectivity index (χ4n) is 1.91. The second-order valence-electron chi connectivity index (χ2n) is 3.57. The standard InChI is InChI=1S/C12H14ClN/c1-10-9-11-5-2-3-6-12(11)14(10)8-4-7-13/h2-3,5-6H,1,4,7-9H2. The number of allylic oxidation sites excluding steroid dienone is 1. The summed E-state index contributed by atoms with van der Waals surface area (Å²) in [4.78, 5) is 2.28. The molecule has 0 bridgehead atoms. The van der Waals surface area contributed by atoms with Crippen LogP contribution in [0.2, 0.25) is 0 Å². The van der Waals surface area contributed by atoms with Gasteiger partial charge in [-0.25, -0.2) is 0 Å². The number of alkyl halides is 1. The van der Waals surface area contributed by atoms with Crippen LogP contribution < -0.4 is 4.90 Å². The molecule has 0 aromatic heterocycles. The number of fused-ring (bicyclic) bond motifs is 1. The Bertz CT molecular complexity index is 346. The van der Waals surface area contributed by atoms with Crippen LogP contribution in [-0.4, -0.2) is 12.4 Å². The Balaban J connectivity index is 2.21. The quantitative estimate of drug-likeness (QED) is 0.689. The molecule has 0 aliphatic carbocycles. The third-order valence-electron chi connectivity index (χ3n) is 2.57. The van der Waals surface area contributed by atoms with Gasteiger partial charge in [0, 0.05) is 30.2 Å². The Labute approximate surface area is 90.0 Å². The molecule has 2 rings (SSSR count). The summed E-state index contributed by atoms with van der Waals surface area (Å²) in [6.07, 6.45) is 1.99. The summed E-state index contributed by atoms with van der Waals surface area (Å²) in [5.74, 6) is 0.714. The lowest BCUT2D eigenvalue weighted by Gasteiger charge is -2.19. The van der Waals surface area contributed by atoms with Gasteiger partial charge in [-0.05, 0) is 18.1 Å². The van der Waals surface area contributed by atoms with Gasteiger partial charge in [0.15, 0.2) is 0 Å². The van der Waals surface area contributed by atoms with Crippen molar-refractivity contribution in [1.29, 1.82) is 0 Å². The average Bonchev–Trinajstić information content (AvgIpc) is 2.51. The molecule has 1 aliphatic rings. The molecule has 0 saturated heterocycles. The molecule has 1 nitrogen and oxygen atoms in total. The lowest BCUT2D eigenvalue weighted by atomic mass is 10.1. The third-order valence-corrected chi connectivity index (χ3v) is 2.84. The molecule has 0 N–H and O–H groups in total. The van der Waals surface area contributed by atoms with E-state index in [4.69, 9.17) is 11.6 Å². The van der Waals surface area contributed by atoms with Crippen molar-refractivity contribution in [2.75, 3.05) is 17.3 Å². The summed E-state index contributed by atoms with van der Waals surface area (Å²) < 4.78 is 0. The highest BCUT2D eigenvalue weighted by Crippen LogP contribution is 2.33. The van der Waals surface area contributed by atoms with Crippen LogP contribution in [0, 0.1) is 0 Å². The molecule has 0 fully saturated rings. The van der Waals surface area contributed by atoms with Crippen LogP contribution in [0.15, 0.2) is 36.5 Å². The summed E-state index contributed by atoms with van der Waals surface area (Å²) in [5.41, 5.74) is 3.88. The van der Waals surface area contributed by atoms with Gasteiger partial charge in [0.1, 0.15) is 0 Å². The summed E-state index contributed by atoms with van der Waals surface area (Å²) in [7, 11) is 0. The van der Waals surface area contributed by atoms with Crippen LogP contribution in [0.5, 0.6) is 0 Å². The molecule has 0 unspecified atom stereocenters. The van der Waals surface area contributed by atoms with Gasteiger partial charge in [0.05, 0.1) is 0 Å². The fourth-order valence-corrected chi connectivity index (χ4v) is 2.03. The highest BCUT2D eigenvalue weighted by Gasteiger charge is 2.20. The largest absolute Gasteiger partial charge is 0.345 e. The summed E-state index contributed by atoms with van der Waals surface area (Å²) >= 11 is 5.70. The first-order chi connectivity index (χ1) is 6.83. The van der Waals surface area contributed by atoms with Crippen LogP contribution in [0.3, 0.4) is 0 Å². The van der Waals surface area contributed by atoms with Crippen LogP contribution in [0.4, 0.5) is 5.69 Å². The fraction of sp³-hybridized carbons (Fsp3) is 0.333. The third kappa shape index (κ3) is 1.64. The first-order valence-corrected chi connectivity index (χ1v) is 5.45. The lowest BCUT2D eigenvalue weighted by Crippen LogP contribution is -2.19. The first kappa shape index (κ1) is 9.60. The van der Waals surface area contributed by atoms with Crippen molar-refractivity contribution in [2.45, 2.75) is 12.8 Å². The summed E-state index contributed by atoms with van der Waals surface area (Å²) in [5, 5.41) is 0. The van der Waals surface area contributed by atoms with E-state index in [-0.39, 0.29) is 0 Å². The average molecular weight is 208 g/mol. The second-order valence-corrected chi connectivity index (χ2v) is 3.94. The Kier molecular flexibility index (Phi) is 2.78. The van der Waals surface area contributed by atoms with Gasteiger partial charge in [-0.3, -0.25) is 0 Å². The number of hydrogen-bond acceptors (Lipinski definition) is 1. The predicted molar refractivity (Wildman–Crippen MR) is 62.0 cm³/mol. The molecule has 0 atom stereocenters. The van der Waals surface area contributed by atoms with Crippen LogP contribution in [-0.2, 0) is 6.42 Å². The minimum atomic E-state index is 0.714. The molecule has 2 heteroatoms. The molecular weight excluding hydrogens is 194 g/mol. The van der Waals surface area contributed by atoms with Gasteiger partial charge >= 0.3 is 0 Å². The molecule has 14 heavy (non-hydrogen) atoms. The highest BCUT2D eigenvalue weighted by atomic mass is 35.5. The van der Waals surface area contributed by atoms with Crippen LogP contribution in [0.1, 0.15) is 12.0 Å². The molecule has 1 aromatic rings. The zero-order valence-electron chi connectivity index (χ0n) is 8.17. The maximum Gasteiger partial charge on any atom is 0.0444 e. The van der Waals surface area contributed by atoms with Gasteiger partial charge in [-0.1, -0.05) is 24.8 Å². The Morgan fingerprint density at radius 2 is 2.14 bits per heavy atom. The number of nitrogens with zero attached hydrogens (tertiary/aromatic N) is 1. The number of anilines is 1. The molecule has 74 valence electrons. The van der Waals surface area contributed by atoms with E-state index < -0.39 is 0 Å². The number of halogens is 1. The van der Waals surface area contributed by atoms with Gasteiger partial charge in [-0.2, -0.15) is 0 Å². The van der Waals surface area contributed by atoms with Crippen molar-refractivity contribution >= 4 is 17.3 Å². The zero-order valence-corrected chi connectivity index (χ0v) is 8.93. The Morgan fingerprint density at radius 3 is 2.93 bits per heavy atom. The van der Waals surface area contributed by atoms with Crippen molar-refractivity contribution < 1.29 is 0 Å². The van der Waals surface area contributed by atoms with E-state index in [0.29, 0.717) is 5.88 Å². The number of hydrogen-bond donors (Lipinski definition) is 0. The molecule has 1 aliphatic heterocycles. The van der Waals surface area contributed by atoms with E-state index in [0.717, 1.165) is 19.4 Å². The normalized spacial score (nSPS) is 14.6. The second kappa shape index (κ2) is 4.05. The SMILES string of the molecule is C=C1Cc2ccccc2N1CCCCl. The minimum Gasteiger partial charge on any atom is -0.345 e. The Hall–Kier alpha value is -0.950. The first-order valence-electron chi connectivity index (χ1n) is 4.92. The van der Waals surface area contributed by atoms with Crippen molar-refractivity contribution in [3.63, 3.8) is 0 Å². The number of benzene rings is 1. The number of para-hydroxylation sites is 1. The van der Waals surface area contributed by atoms with E-state index in [1.165, 1.54) is 16.9 Å². The van der Waals surface area contributed by atoms with Crippen LogP contribution in [0.25, 0.3) is 0 Å². The number of rotatable bonds is 3. The van der Waals surface area contributed by atoms with E-state index in [1.807, 2.05) is 0 Å². The smallest absolute Gasteiger partial charge is 0.0444 e. The summed E-state index contributed by atoms with van der Waals surface area (Å²) in [6, 6.07) is 8.48. The molecule has 0 saturated carbocycles. The maximum absolute atomic E-state index is 5.70. The van der Waals surface area contributed by atoms with Crippen molar-refractivity contribution in [2.24, 2.45) is 0 Å². The summed E-state index contributed by atoms with van der Waals surface area (Å²) in [6.45, 7) is 5.07. The Morgan fingerprint density at radius 1 is 1.36 bits per heavy atom. The van der Waals surface area contributed by atoms with E-state index >= 15 is 0 Å². The van der Waals surface area contributed by atoms with E-state index in [1.54, 1.807) is 0 Å². The molecule has 0 radical (unpaired) electrons. The molecular formula is C12H14ClN. The van der Waals surface area contributed by atoms with Crippen LogP contribution >= 0.6 is 11.6 Å². The molecule has 0 amide bonds. The van der Waals surface area contributed by atoms with E-state index in [9.17, 15) is 0 Å².